The quantitative estimate of drug-likeness (QED) is 0.0194. The molecule has 0 aromatic carbocycles. The maximum atomic E-state index is 11.4. The number of carboxylic acids is 1. The molecule has 0 aromatic heterocycles. The number of imide groups is 2. The van der Waals surface area contributed by atoms with E-state index in [2.05, 4.69) is 0 Å². The Morgan fingerprint density at radius 3 is 1.14 bits per heavy atom. The summed E-state index contributed by atoms with van der Waals surface area (Å²) in [5.74, 6) is -3.29. The van der Waals surface area contributed by atoms with Crippen LogP contribution in [-0.4, -0.2) is 192 Å². The van der Waals surface area contributed by atoms with Crippen LogP contribution >= 0.6 is 0 Å². The number of unbranched alkanes of at least 4 members (excludes halogenated alkanes) is 2. The van der Waals surface area contributed by atoms with Crippen LogP contribution in [0, 0.1) is 6.58 Å². The number of nitrogens with zero attached hydrogens (tertiary/aromatic N) is 2. The lowest BCUT2D eigenvalue weighted by Gasteiger charge is -2.19. The number of hydrogen-bond acceptors (Lipinski definition) is 20. The minimum atomic E-state index is -0.908. The van der Waals surface area contributed by atoms with Crippen molar-refractivity contribution in [2.24, 2.45) is 0 Å². The molecule has 3 aliphatic rings. The molecule has 0 atom stereocenters. The third-order valence-corrected chi connectivity index (χ3v) is 7.70. The van der Waals surface area contributed by atoms with Gasteiger partial charge in [-0.05, 0) is 87.3 Å². The number of carbonyl (C=O) groups excluding carboxylic acids is 9. The van der Waals surface area contributed by atoms with Gasteiger partial charge in [-0.15, -0.1) is 4.79 Å². The van der Waals surface area contributed by atoms with E-state index >= 15 is 0 Å². The summed E-state index contributed by atoms with van der Waals surface area (Å²) in [6, 6.07) is 0. The molecule has 0 radical (unpaired) electrons. The summed E-state index contributed by atoms with van der Waals surface area (Å²) >= 11 is 0. The van der Waals surface area contributed by atoms with Gasteiger partial charge in [-0.3, -0.25) is 53.0 Å². The lowest BCUT2D eigenvalue weighted by atomic mass is 10.1. The Morgan fingerprint density at radius 1 is 0.493 bits per heavy atom. The van der Waals surface area contributed by atoms with Crippen molar-refractivity contribution >= 4 is 59.1 Å². The molecular formula is C50H79N2O21+. The van der Waals surface area contributed by atoms with E-state index in [1.807, 2.05) is 41.5 Å². The van der Waals surface area contributed by atoms with Crippen LogP contribution in [-0.2, 0) is 81.1 Å². The van der Waals surface area contributed by atoms with Gasteiger partial charge >= 0.3 is 23.9 Å². The number of allylic oxidation sites excluding steroid dienone is 2. The van der Waals surface area contributed by atoms with Crippen molar-refractivity contribution in [1.29, 1.82) is 0 Å². The van der Waals surface area contributed by atoms with Gasteiger partial charge in [-0.2, -0.15) is 0 Å². The fourth-order valence-electron chi connectivity index (χ4n) is 4.73. The van der Waals surface area contributed by atoms with Gasteiger partial charge in [0.1, 0.15) is 16.8 Å². The Labute approximate surface area is 428 Å². The molecule has 0 saturated carbocycles. The molecule has 4 amide bonds. The lowest BCUT2D eigenvalue weighted by Crippen LogP contribution is -2.33. The predicted molar refractivity (Wildman–Crippen MR) is 262 cm³/mol. The van der Waals surface area contributed by atoms with Crippen LogP contribution in [0.25, 0.3) is 0 Å². The van der Waals surface area contributed by atoms with Crippen LogP contribution in [0.15, 0.2) is 42.5 Å². The predicted octanol–water partition coefficient (Wildman–Crippen LogP) is 2.35. The summed E-state index contributed by atoms with van der Waals surface area (Å²) in [5, 5.41) is 32.1. The highest BCUT2D eigenvalue weighted by Crippen LogP contribution is 2.11. The minimum Gasteiger partial charge on any atom is -0.481 e. The molecule has 23 nitrogen and oxygen atoms in total. The van der Waals surface area contributed by atoms with Crippen LogP contribution in [0.4, 0.5) is 0 Å². The molecule has 73 heavy (non-hydrogen) atoms. The van der Waals surface area contributed by atoms with Crippen molar-refractivity contribution in [2.75, 3.05) is 85.8 Å². The highest BCUT2D eigenvalue weighted by atomic mass is 16.6. The number of ether oxygens (including phenoxy) is 7. The van der Waals surface area contributed by atoms with Crippen molar-refractivity contribution in [1.82, 2.24) is 9.80 Å². The molecule has 4 N–H and O–H groups in total. The third-order valence-electron chi connectivity index (χ3n) is 7.70. The van der Waals surface area contributed by atoms with Crippen LogP contribution in [0.3, 0.4) is 0 Å². The number of esters is 3. The largest absolute Gasteiger partial charge is 0.484 e. The summed E-state index contributed by atoms with van der Waals surface area (Å²) in [5.41, 5.74) is -1.31. The number of hydrogen-bond donors (Lipinski definition) is 4. The first kappa shape index (κ1) is 71.3. The molecule has 0 unspecified atom stereocenters. The Bertz CT molecular complexity index is 1750. The van der Waals surface area contributed by atoms with E-state index in [0.29, 0.717) is 26.2 Å². The summed E-state index contributed by atoms with van der Waals surface area (Å²) in [7, 11) is 0. The van der Waals surface area contributed by atoms with Crippen molar-refractivity contribution < 1.29 is 102 Å². The summed E-state index contributed by atoms with van der Waals surface area (Å²) in [6.45, 7) is 23.8. The van der Waals surface area contributed by atoms with E-state index in [4.69, 9.17) is 60.2 Å². The van der Waals surface area contributed by atoms with Crippen molar-refractivity contribution in [2.45, 2.75) is 124 Å². The molecule has 3 rings (SSSR count). The van der Waals surface area contributed by atoms with Gasteiger partial charge < -0.3 is 53.6 Å². The molecule has 0 fully saturated rings. The molecule has 414 valence electrons. The molecule has 2 heterocycles. The second kappa shape index (κ2) is 41.6. The number of amides is 4. The van der Waals surface area contributed by atoms with Crippen molar-refractivity contribution in [3.8, 4) is 0 Å². The van der Waals surface area contributed by atoms with Gasteiger partial charge in [0.25, 0.3) is 23.6 Å². The van der Waals surface area contributed by atoms with Crippen LogP contribution in [0.5, 0.6) is 0 Å². The normalized spacial score (nSPS) is 13.6. The van der Waals surface area contributed by atoms with E-state index in [9.17, 15) is 47.9 Å². The van der Waals surface area contributed by atoms with Gasteiger partial charge in [0, 0.05) is 37.3 Å². The third kappa shape index (κ3) is 48.1. The zero-order chi connectivity index (χ0) is 56.5. The second-order valence-corrected chi connectivity index (χ2v) is 18.0. The standard InChI is InChI=1S/C15H23NO6.C11H15NO6.C10H20O3.C7H11O2.C5H4O2.C2H6O2/c1-15(2,3)22-14(19)6-8-20-10-11-21-9-7-16-12(17)4-5-13(16)18;13-9-1-2-10(14)12(9)4-6-18-8-7-17-5-3-11(15)16;1-10(2,3)13-9(12)7-5-4-6-8-11;1-5-6(8)9-7(2,3)4;6-4-1-2-5(7)3-4;3-1-2-4/h4-5H,6-11H2,1-3H3;1-2H,3-8H2,(H,15,16);11H,4-8H2,1-3H3;1,5H,2-4H3;1-2H,3H2;3-4H,1-2H2/q;;;+1;;. The van der Waals surface area contributed by atoms with E-state index in [1.54, 1.807) is 20.8 Å². The van der Waals surface area contributed by atoms with Crippen molar-refractivity contribution in [3.05, 3.63) is 49.1 Å². The number of ketones is 2. The second-order valence-electron chi connectivity index (χ2n) is 18.0. The first-order valence-electron chi connectivity index (χ1n) is 23.4. The smallest absolute Gasteiger partial charge is 0.481 e. The average Bonchev–Trinajstić information content (AvgIpc) is 3.94. The molecular weight excluding hydrogens is 965 g/mol. The maximum Gasteiger partial charge on any atom is 0.484 e. The Kier molecular flexibility index (Phi) is 40.6. The Balaban J connectivity index is -0.000000863. The van der Waals surface area contributed by atoms with E-state index in [0.717, 1.165) is 35.1 Å². The SMILES string of the molecule is CC(C)(C)OC(=O)CCCCCO.CC(C)(C)OC(=O)CCOCCOCCN1C(=O)C=CC1=O.O=C(O)CCOCCOCCN1C(=O)C=CC1=O.O=C1C=CC(=O)C1.OCCO.[CH+]=CC(=O)OC(C)(C)C. The zero-order valence-corrected chi connectivity index (χ0v) is 43.9. The summed E-state index contributed by atoms with van der Waals surface area (Å²) in [4.78, 5) is 110. The van der Waals surface area contributed by atoms with E-state index in [1.165, 1.54) is 36.5 Å². The number of rotatable bonds is 25. The summed E-state index contributed by atoms with van der Waals surface area (Å²) < 4.78 is 35.7. The Morgan fingerprint density at radius 2 is 0.849 bits per heavy atom. The van der Waals surface area contributed by atoms with Crippen molar-refractivity contribution in [3.63, 3.8) is 0 Å². The summed E-state index contributed by atoms with van der Waals surface area (Å²) in [6.07, 6.45) is 11.6. The zero-order valence-electron chi connectivity index (χ0n) is 43.9. The number of aliphatic hydroxyl groups is 3. The van der Waals surface area contributed by atoms with Crippen LogP contribution in [0.1, 0.15) is 107 Å². The number of carboxylic acid groups (broad SMARTS) is 1. The van der Waals surface area contributed by atoms with Crippen LogP contribution < -0.4 is 0 Å². The fourth-order valence-corrected chi connectivity index (χ4v) is 4.73. The monoisotopic (exact) mass is 1040 g/mol. The number of carbonyl (C=O) groups is 10. The molecule has 0 aromatic rings. The molecule has 0 bridgehead atoms. The number of aliphatic carboxylic acids is 1. The van der Waals surface area contributed by atoms with Gasteiger partial charge in [0.05, 0.1) is 105 Å². The first-order valence-corrected chi connectivity index (χ1v) is 23.4. The number of aliphatic hydroxyl groups excluding tert-OH is 3. The van der Waals surface area contributed by atoms with Gasteiger partial charge in [0.15, 0.2) is 11.6 Å². The molecule has 1 aliphatic carbocycles. The maximum absolute atomic E-state index is 11.4. The van der Waals surface area contributed by atoms with Gasteiger partial charge in [0.2, 0.25) is 6.08 Å². The fraction of sp³-hybridized carbons (Fsp3) is 0.640. The highest BCUT2D eigenvalue weighted by Gasteiger charge is 2.24. The highest BCUT2D eigenvalue weighted by molar-refractivity contribution is 6.16. The van der Waals surface area contributed by atoms with E-state index in [-0.39, 0.29) is 138 Å². The minimum absolute atomic E-state index is 0.0392. The topological polar surface area (TPSA) is 323 Å². The molecule has 0 spiro atoms. The molecule has 2 aliphatic heterocycles. The molecule has 23 heteroatoms. The average molecular weight is 1040 g/mol. The van der Waals surface area contributed by atoms with E-state index < -0.39 is 23.1 Å². The lowest BCUT2D eigenvalue weighted by molar-refractivity contribution is -0.156. The van der Waals surface area contributed by atoms with Gasteiger partial charge in [-0.25, -0.2) is 0 Å². The van der Waals surface area contributed by atoms with Gasteiger partial charge in [-0.1, -0.05) is 6.42 Å². The first-order chi connectivity index (χ1) is 34.0. The Hall–Kier alpha value is -5.91. The van der Waals surface area contributed by atoms with Crippen LogP contribution in [0.2, 0.25) is 0 Å². The molecule has 0 saturated heterocycles.